The van der Waals surface area contributed by atoms with Gasteiger partial charge in [-0.3, -0.25) is 14.5 Å². The van der Waals surface area contributed by atoms with E-state index < -0.39 is 0 Å². The Kier molecular flexibility index (Phi) is 4.93. The Morgan fingerprint density at radius 3 is 2.13 bits per heavy atom. The van der Waals surface area contributed by atoms with Crippen LogP contribution < -0.4 is 4.90 Å². The molecule has 6 heteroatoms. The van der Waals surface area contributed by atoms with Gasteiger partial charge in [0, 0.05) is 9.79 Å². The van der Waals surface area contributed by atoms with Crippen LogP contribution in [0.2, 0.25) is 0 Å². The maximum Gasteiger partial charge on any atom is 0.315 e. The summed E-state index contributed by atoms with van der Waals surface area (Å²) in [6, 6.07) is 15.7. The largest absolute Gasteiger partial charge is 0.468 e. The molecule has 0 N–H and O–H groups in total. The van der Waals surface area contributed by atoms with Crippen molar-refractivity contribution in [1.82, 2.24) is 0 Å². The fourth-order valence-electron chi connectivity index (χ4n) is 2.32. The van der Waals surface area contributed by atoms with Crippen LogP contribution in [0.5, 0.6) is 0 Å². The van der Waals surface area contributed by atoms with E-state index in [0.717, 1.165) is 21.2 Å². The highest BCUT2D eigenvalue weighted by molar-refractivity contribution is 8.00. The summed E-state index contributed by atoms with van der Waals surface area (Å²) < 4.78 is 4.60. The van der Waals surface area contributed by atoms with Gasteiger partial charge in [-0.2, -0.15) is 0 Å². The average Bonchev–Trinajstić information content (AvgIpc) is 2.59. The van der Waals surface area contributed by atoms with Crippen molar-refractivity contribution >= 4 is 46.8 Å². The SMILES string of the molecule is COC(=O)CSCC(=O)N1c2ccccc2Sc2ccccc21. The smallest absolute Gasteiger partial charge is 0.315 e. The molecule has 0 aliphatic carbocycles. The number of ether oxygens (including phenoxy) is 1. The van der Waals surface area contributed by atoms with Gasteiger partial charge in [-0.15, -0.1) is 11.8 Å². The molecule has 1 heterocycles. The molecule has 0 saturated carbocycles. The lowest BCUT2D eigenvalue weighted by Crippen LogP contribution is -2.30. The number of para-hydroxylation sites is 2. The van der Waals surface area contributed by atoms with Gasteiger partial charge in [0.05, 0.1) is 30.0 Å². The molecule has 1 amide bonds. The highest BCUT2D eigenvalue weighted by Gasteiger charge is 2.27. The lowest BCUT2D eigenvalue weighted by atomic mass is 10.2. The van der Waals surface area contributed by atoms with E-state index in [4.69, 9.17) is 0 Å². The topological polar surface area (TPSA) is 46.6 Å². The average molecular weight is 345 g/mol. The van der Waals surface area contributed by atoms with Gasteiger partial charge in [-0.05, 0) is 24.3 Å². The number of hydrogen-bond donors (Lipinski definition) is 0. The summed E-state index contributed by atoms with van der Waals surface area (Å²) in [5.74, 6) is 0.0354. The molecule has 0 unspecified atom stereocenters. The molecule has 2 aromatic rings. The summed E-state index contributed by atoms with van der Waals surface area (Å²) in [5, 5.41) is 0. The van der Waals surface area contributed by atoms with Crippen molar-refractivity contribution in [3.63, 3.8) is 0 Å². The van der Waals surface area contributed by atoms with Crippen LogP contribution in [-0.2, 0) is 14.3 Å². The summed E-state index contributed by atoms with van der Waals surface area (Å²) in [6.45, 7) is 0. The standard InChI is InChI=1S/C17H15NO3S2/c1-21-17(20)11-22-10-16(19)18-12-6-2-4-8-14(12)23-15-9-5-3-7-13(15)18/h2-9H,10-11H2,1H3. The highest BCUT2D eigenvalue weighted by Crippen LogP contribution is 2.47. The second-order valence-electron chi connectivity index (χ2n) is 4.84. The molecule has 0 bridgehead atoms. The van der Waals surface area contributed by atoms with Crippen molar-refractivity contribution < 1.29 is 14.3 Å². The number of hydrogen-bond acceptors (Lipinski definition) is 5. The summed E-state index contributed by atoms with van der Waals surface area (Å²) >= 11 is 2.93. The van der Waals surface area contributed by atoms with E-state index >= 15 is 0 Å². The molecular weight excluding hydrogens is 330 g/mol. The van der Waals surface area contributed by atoms with Crippen molar-refractivity contribution in [3.05, 3.63) is 48.5 Å². The third-order valence-electron chi connectivity index (χ3n) is 3.35. The number of esters is 1. The zero-order valence-electron chi connectivity index (χ0n) is 12.5. The van der Waals surface area contributed by atoms with E-state index in [9.17, 15) is 9.59 Å². The first kappa shape index (κ1) is 16.0. The van der Waals surface area contributed by atoms with Gasteiger partial charge >= 0.3 is 5.97 Å². The molecule has 118 valence electrons. The third-order valence-corrected chi connectivity index (χ3v) is 5.38. The summed E-state index contributed by atoms with van der Waals surface area (Å²) in [4.78, 5) is 27.8. The summed E-state index contributed by atoms with van der Waals surface area (Å²) in [7, 11) is 1.35. The predicted octanol–water partition coefficient (Wildman–Crippen LogP) is 3.72. The fraction of sp³-hybridized carbons (Fsp3) is 0.176. The molecule has 1 aliphatic rings. The molecule has 0 atom stereocenters. The monoisotopic (exact) mass is 345 g/mol. The number of carbonyl (C=O) groups is 2. The lowest BCUT2D eigenvalue weighted by molar-refractivity contribution is -0.137. The van der Waals surface area contributed by atoms with Gasteiger partial charge in [0.2, 0.25) is 5.91 Å². The van der Waals surface area contributed by atoms with Crippen LogP contribution in [0.1, 0.15) is 0 Å². The predicted molar refractivity (Wildman–Crippen MR) is 93.5 cm³/mol. The number of thioether (sulfide) groups is 1. The maximum absolute atomic E-state index is 12.7. The van der Waals surface area contributed by atoms with Crippen molar-refractivity contribution in [2.75, 3.05) is 23.5 Å². The molecule has 2 aromatic carbocycles. The zero-order chi connectivity index (χ0) is 16.2. The van der Waals surface area contributed by atoms with E-state index in [1.54, 1.807) is 16.7 Å². The van der Waals surface area contributed by atoms with Gasteiger partial charge in [-0.1, -0.05) is 36.0 Å². The van der Waals surface area contributed by atoms with E-state index in [2.05, 4.69) is 4.74 Å². The van der Waals surface area contributed by atoms with Crippen LogP contribution in [-0.4, -0.2) is 30.5 Å². The molecule has 4 nitrogen and oxygen atoms in total. The Morgan fingerprint density at radius 2 is 1.57 bits per heavy atom. The van der Waals surface area contributed by atoms with E-state index in [1.807, 2.05) is 48.5 Å². The number of nitrogens with zero attached hydrogens (tertiary/aromatic N) is 1. The molecule has 3 rings (SSSR count). The van der Waals surface area contributed by atoms with Crippen molar-refractivity contribution in [2.45, 2.75) is 9.79 Å². The van der Waals surface area contributed by atoms with Crippen LogP contribution in [0.4, 0.5) is 11.4 Å². The fourth-order valence-corrected chi connectivity index (χ4v) is 4.07. The number of amides is 1. The Balaban J connectivity index is 1.86. The maximum atomic E-state index is 12.7. The Morgan fingerprint density at radius 1 is 1.00 bits per heavy atom. The zero-order valence-corrected chi connectivity index (χ0v) is 14.2. The number of anilines is 2. The molecule has 0 spiro atoms. The molecular formula is C17H15NO3S2. The van der Waals surface area contributed by atoms with Crippen LogP contribution >= 0.6 is 23.5 Å². The summed E-state index contributed by atoms with van der Waals surface area (Å²) in [6.07, 6.45) is 0. The minimum absolute atomic E-state index is 0.0425. The third kappa shape index (κ3) is 3.38. The lowest BCUT2D eigenvalue weighted by Gasteiger charge is -2.30. The van der Waals surface area contributed by atoms with Gasteiger partial charge < -0.3 is 4.74 Å². The quantitative estimate of drug-likeness (QED) is 0.790. The first-order chi connectivity index (χ1) is 11.2. The number of rotatable bonds is 4. The van der Waals surface area contributed by atoms with Crippen LogP contribution in [0.25, 0.3) is 0 Å². The van der Waals surface area contributed by atoms with Crippen LogP contribution in [0, 0.1) is 0 Å². The van der Waals surface area contributed by atoms with Gasteiger partial charge in [0.1, 0.15) is 0 Å². The normalized spacial score (nSPS) is 12.3. The highest BCUT2D eigenvalue weighted by atomic mass is 32.2. The van der Waals surface area contributed by atoms with Gasteiger partial charge in [0.25, 0.3) is 0 Å². The first-order valence-corrected chi connectivity index (χ1v) is 9.01. The minimum atomic E-state index is -0.321. The molecule has 0 radical (unpaired) electrons. The Bertz CT molecular complexity index is 703. The molecule has 23 heavy (non-hydrogen) atoms. The second kappa shape index (κ2) is 7.10. The molecule has 0 saturated heterocycles. The van der Waals surface area contributed by atoms with Crippen LogP contribution in [0.3, 0.4) is 0 Å². The van der Waals surface area contributed by atoms with E-state index in [1.165, 1.54) is 18.9 Å². The van der Waals surface area contributed by atoms with E-state index in [-0.39, 0.29) is 23.4 Å². The molecule has 0 fully saturated rings. The first-order valence-electron chi connectivity index (χ1n) is 7.04. The number of benzene rings is 2. The van der Waals surface area contributed by atoms with E-state index in [0.29, 0.717) is 0 Å². The van der Waals surface area contributed by atoms with Crippen molar-refractivity contribution in [3.8, 4) is 0 Å². The van der Waals surface area contributed by atoms with Gasteiger partial charge in [0.15, 0.2) is 0 Å². The number of carbonyl (C=O) groups excluding carboxylic acids is 2. The number of fused-ring (bicyclic) bond motifs is 2. The minimum Gasteiger partial charge on any atom is -0.468 e. The Hall–Kier alpha value is -1.92. The van der Waals surface area contributed by atoms with Crippen molar-refractivity contribution in [1.29, 1.82) is 0 Å². The molecule has 0 aromatic heterocycles. The molecule has 1 aliphatic heterocycles. The second-order valence-corrected chi connectivity index (χ2v) is 6.90. The van der Waals surface area contributed by atoms with Gasteiger partial charge in [-0.25, -0.2) is 0 Å². The van der Waals surface area contributed by atoms with Crippen molar-refractivity contribution in [2.24, 2.45) is 0 Å². The Labute approximate surface area is 143 Å². The summed E-state index contributed by atoms with van der Waals surface area (Å²) in [5.41, 5.74) is 1.78. The van der Waals surface area contributed by atoms with Crippen LogP contribution in [0.15, 0.2) is 58.3 Å². The number of methoxy groups -OCH3 is 1.